The maximum absolute atomic E-state index is 12.2. The van der Waals surface area contributed by atoms with Gasteiger partial charge in [0.15, 0.2) is 0 Å². The number of aliphatic carboxylic acids is 1. The number of carboxylic acid groups (broad SMARTS) is 1. The predicted octanol–water partition coefficient (Wildman–Crippen LogP) is 1.17. The Labute approximate surface area is 124 Å². The van der Waals surface area contributed by atoms with Gasteiger partial charge in [-0.05, 0) is 23.5 Å². The highest BCUT2D eigenvalue weighted by Gasteiger charge is 2.26. The van der Waals surface area contributed by atoms with Crippen LogP contribution in [0.25, 0.3) is 0 Å². The molecule has 0 aliphatic carbocycles. The topological polar surface area (TPSA) is 78.4 Å². The highest BCUT2D eigenvalue weighted by atomic mass is 16.4. The lowest BCUT2D eigenvalue weighted by Gasteiger charge is -2.26. The third-order valence-electron chi connectivity index (χ3n) is 4.02. The minimum absolute atomic E-state index is 0.0113. The largest absolute Gasteiger partial charge is 0.481 e. The van der Waals surface area contributed by atoms with Crippen molar-refractivity contribution in [3.05, 3.63) is 35.4 Å². The van der Waals surface area contributed by atoms with Crippen LogP contribution in [0.3, 0.4) is 0 Å². The van der Waals surface area contributed by atoms with Crippen molar-refractivity contribution in [3.63, 3.8) is 0 Å². The van der Waals surface area contributed by atoms with Crippen molar-refractivity contribution < 1.29 is 14.7 Å². The normalized spacial score (nSPS) is 18.9. The fraction of sp³-hybridized carbons (Fsp3) is 0.500. The molecule has 0 saturated heterocycles. The second kappa shape index (κ2) is 6.72. The lowest BCUT2D eigenvalue weighted by molar-refractivity contribution is -0.143. The van der Waals surface area contributed by atoms with E-state index in [0.717, 1.165) is 0 Å². The van der Waals surface area contributed by atoms with Crippen LogP contribution in [-0.2, 0) is 22.6 Å². The average molecular weight is 290 g/mol. The van der Waals surface area contributed by atoms with Crippen LogP contribution in [-0.4, -0.2) is 29.6 Å². The number of hydrogen-bond acceptors (Lipinski definition) is 3. The molecular formula is C16H22N2O3. The number of nitrogens with one attached hydrogen (secondary N) is 2. The summed E-state index contributed by atoms with van der Waals surface area (Å²) in [6.45, 7) is 4.53. The van der Waals surface area contributed by atoms with E-state index in [0.29, 0.717) is 13.0 Å². The van der Waals surface area contributed by atoms with E-state index in [1.807, 2.05) is 32.0 Å². The number of hydrogen-bond donors (Lipinski definition) is 3. The molecule has 0 saturated carbocycles. The van der Waals surface area contributed by atoms with Gasteiger partial charge in [0.25, 0.3) is 0 Å². The van der Waals surface area contributed by atoms with E-state index in [1.54, 1.807) is 0 Å². The van der Waals surface area contributed by atoms with E-state index in [9.17, 15) is 9.59 Å². The van der Waals surface area contributed by atoms with Gasteiger partial charge in [-0.25, -0.2) is 0 Å². The molecule has 21 heavy (non-hydrogen) atoms. The first-order chi connectivity index (χ1) is 9.99. The standard InChI is InChI=1S/C16H22N2O3/c1-10(2)13(16(20)21)9-18-15(19)14-7-11-5-3-4-6-12(11)8-17-14/h3-6,10,13-14,17H,7-9H2,1-2H3,(H,18,19)(H,20,21). The maximum atomic E-state index is 12.2. The van der Waals surface area contributed by atoms with Gasteiger partial charge < -0.3 is 15.7 Å². The molecule has 1 amide bonds. The van der Waals surface area contributed by atoms with Crippen molar-refractivity contribution in [1.29, 1.82) is 0 Å². The van der Waals surface area contributed by atoms with Gasteiger partial charge in [0.2, 0.25) is 5.91 Å². The van der Waals surface area contributed by atoms with Crippen LogP contribution in [0.4, 0.5) is 0 Å². The maximum Gasteiger partial charge on any atom is 0.308 e. The first kappa shape index (κ1) is 15.5. The smallest absolute Gasteiger partial charge is 0.308 e. The first-order valence-corrected chi connectivity index (χ1v) is 7.29. The molecule has 1 aliphatic heterocycles. The Morgan fingerprint density at radius 2 is 2.00 bits per heavy atom. The Bertz CT molecular complexity index is 528. The van der Waals surface area contributed by atoms with Gasteiger partial charge in [-0.3, -0.25) is 9.59 Å². The van der Waals surface area contributed by atoms with Gasteiger partial charge in [-0.15, -0.1) is 0 Å². The van der Waals surface area contributed by atoms with Gasteiger partial charge in [0.05, 0.1) is 12.0 Å². The van der Waals surface area contributed by atoms with Gasteiger partial charge in [0.1, 0.15) is 0 Å². The number of carboxylic acids is 1. The van der Waals surface area contributed by atoms with Gasteiger partial charge in [-0.2, -0.15) is 0 Å². The molecule has 0 aromatic heterocycles. The molecule has 2 rings (SSSR count). The van der Waals surface area contributed by atoms with Crippen molar-refractivity contribution in [2.75, 3.05) is 6.54 Å². The molecular weight excluding hydrogens is 268 g/mol. The lowest BCUT2D eigenvalue weighted by Crippen LogP contribution is -2.49. The molecule has 1 aromatic carbocycles. The molecule has 2 atom stereocenters. The zero-order valence-corrected chi connectivity index (χ0v) is 12.4. The second-order valence-electron chi connectivity index (χ2n) is 5.84. The number of rotatable bonds is 5. The zero-order chi connectivity index (χ0) is 15.4. The third kappa shape index (κ3) is 3.82. The molecule has 3 N–H and O–H groups in total. The zero-order valence-electron chi connectivity index (χ0n) is 12.4. The monoisotopic (exact) mass is 290 g/mol. The van der Waals surface area contributed by atoms with Crippen molar-refractivity contribution in [2.24, 2.45) is 11.8 Å². The molecule has 0 spiro atoms. The van der Waals surface area contributed by atoms with Crippen LogP contribution in [0.15, 0.2) is 24.3 Å². The fourth-order valence-corrected chi connectivity index (χ4v) is 2.58. The Kier molecular flexibility index (Phi) is 4.96. The molecule has 5 nitrogen and oxygen atoms in total. The molecule has 2 unspecified atom stereocenters. The summed E-state index contributed by atoms with van der Waals surface area (Å²) in [6, 6.07) is 7.75. The fourth-order valence-electron chi connectivity index (χ4n) is 2.58. The number of benzene rings is 1. The van der Waals surface area contributed by atoms with Gasteiger partial charge in [0, 0.05) is 13.1 Å². The van der Waals surface area contributed by atoms with Crippen LogP contribution in [0.5, 0.6) is 0 Å². The number of carbonyl (C=O) groups is 2. The second-order valence-corrected chi connectivity index (χ2v) is 5.84. The van der Waals surface area contributed by atoms with Crippen LogP contribution in [0.2, 0.25) is 0 Å². The van der Waals surface area contributed by atoms with Gasteiger partial charge >= 0.3 is 5.97 Å². The number of carbonyl (C=O) groups excluding carboxylic acids is 1. The molecule has 0 fully saturated rings. The Hall–Kier alpha value is -1.88. The van der Waals surface area contributed by atoms with Crippen molar-refractivity contribution in [1.82, 2.24) is 10.6 Å². The molecule has 5 heteroatoms. The quantitative estimate of drug-likeness (QED) is 0.761. The predicted molar refractivity (Wildman–Crippen MR) is 79.7 cm³/mol. The van der Waals surface area contributed by atoms with E-state index in [1.165, 1.54) is 11.1 Å². The van der Waals surface area contributed by atoms with Crippen LogP contribution >= 0.6 is 0 Å². The average Bonchev–Trinajstić information content (AvgIpc) is 2.46. The Morgan fingerprint density at radius 3 is 2.62 bits per heavy atom. The van der Waals surface area contributed by atoms with Crippen LogP contribution in [0.1, 0.15) is 25.0 Å². The summed E-state index contributed by atoms with van der Waals surface area (Å²) in [7, 11) is 0. The molecule has 0 bridgehead atoms. The minimum atomic E-state index is -0.868. The van der Waals surface area contributed by atoms with Crippen molar-refractivity contribution in [3.8, 4) is 0 Å². The van der Waals surface area contributed by atoms with E-state index in [-0.39, 0.29) is 24.4 Å². The summed E-state index contributed by atoms with van der Waals surface area (Å²) >= 11 is 0. The van der Waals surface area contributed by atoms with E-state index < -0.39 is 11.9 Å². The molecule has 0 radical (unpaired) electrons. The van der Waals surface area contributed by atoms with Crippen LogP contribution in [0, 0.1) is 11.8 Å². The summed E-state index contributed by atoms with van der Waals surface area (Å²) in [5.41, 5.74) is 2.39. The number of amides is 1. The Morgan fingerprint density at radius 1 is 1.33 bits per heavy atom. The summed E-state index contributed by atoms with van der Waals surface area (Å²) in [4.78, 5) is 23.3. The van der Waals surface area contributed by atoms with Crippen molar-refractivity contribution in [2.45, 2.75) is 32.9 Å². The van der Waals surface area contributed by atoms with Crippen molar-refractivity contribution >= 4 is 11.9 Å². The summed E-state index contributed by atoms with van der Waals surface area (Å²) in [5.74, 6) is -1.56. The third-order valence-corrected chi connectivity index (χ3v) is 4.02. The number of fused-ring (bicyclic) bond motifs is 1. The summed E-state index contributed by atoms with van der Waals surface area (Å²) in [6.07, 6.45) is 0.640. The van der Waals surface area contributed by atoms with E-state index >= 15 is 0 Å². The molecule has 1 heterocycles. The minimum Gasteiger partial charge on any atom is -0.481 e. The van der Waals surface area contributed by atoms with Gasteiger partial charge in [-0.1, -0.05) is 38.1 Å². The SMILES string of the molecule is CC(C)C(CNC(=O)C1Cc2ccccc2CN1)C(=O)O. The van der Waals surface area contributed by atoms with Crippen LogP contribution < -0.4 is 10.6 Å². The molecule has 1 aliphatic rings. The molecule has 114 valence electrons. The van der Waals surface area contributed by atoms with E-state index in [4.69, 9.17) is 5.11 Å². The summed E-state index contributed by atoms with van der Waals surface area (Å²) < 4.78 is 0. The van der Waals surface area contributed by atoms with E-state index in [2.05, 4.69) is 16.7 Å². The Balaban J connectivity index is 1.92. The highest BCUT2D eigenvalue weighted by molar-refractivity contribution is 5.83. The molecule has 1 aromatic rings. The highest BCUT2D eigenvalue weighted by Crippen LogP contribution is 2.16. The summed E-state index contributed by atoms with van der Waals surface area (Å²) in [5, 5.41) is 15.1. The lowest BCUT2D eigenvalue weighted by atomic mass is 9.94. The first-order valence-electron chi connectivity index (χ1n) is 7.29.